The van der Waals surface area contributed by atoms with E-state index in [1.807, 2.05) is 16.8 Å². The smallest absolute Gasteiger partial charge is 0.410 e. The molecule has 0 aromatic carbocycles. The highest BCUT2D eigenvalue weighted by Gasteiger charge is 2.39. The molecule has 0 aliphatic carbocycles. The van der Waals surface area contributed by atoms with Crippen LogP contribution < -0.4 is 4.90 Å². The molecule has 3 atom stereocenters. The number of rotatable bonds is 7. The Bertz CT molecular complexity index is 600. The molecule has 0 bridgehead atoms. The topological polar surface area (TPSA) is 67.8 Å². The number of likely N-dealkylation sites (tertiary alicyclic amines) is 1. The predicted molar refractivity (Wildman–Crippen MR) is 107 cm³/mol. The average molecular weight is 419 g/mol. The Balaban J connectivity index is 2.15. The van der Waals surface area contributed by atoms with Crippen LogP contribution in [0, 0.1) is 0 Å². The van der Waals surface area contributed by atoms with Crippen molar-refractivity contribution >= 4 is 35.2 Å². The van der Waals surface area contributed by atoms with Crippen molar-refractivity contribution in [2.75, 3.05) is 32.3 Å². The van der Waals surface area contributed by atoms with Crippen molar-refractivity contribution in [3.8, 4) is 0 Å². The van der Waals surface area contributed by atoms with Crippen LogP contribution in [0.4, 0.5) is 10.7 Å². The van der Waals surface area contributed by atoms with Crippen LogP contribution in [0.2, 0.25) is 10.3 Å². The standard InChI is InChI=1S/C18H28Cl2N4O3/c1-5-12-9-14(23(3)17-21-15(19)11-16(20)22-17)10-13(6-2)24(12)18(25)27-8-7-26-4/h11-14H,5-10H2,1-4H3/t12-,13+,14?. The van der Waals surface area contributed by atoms with Crippen molar-refractivity contribution in [2.24, 2.45) is 0 Å². The molecule has 1 aliphatic rings. The van der Waals surface area contributed by atoms with Crippen LogP contribution in [-0.4, -0.2) is 66.5 Å². The molecule has 9 heteroatoms. The van der Waals surface area contributed by atoms with Crippen molar-refractivity contribution < 1.29 is 14.3 Å². The lowest BCUT2D eigenvalue weighted by molar-refractivity contribution is 0.0258. The average Bonchev–Trinajstić information content (AvgIpc) is 2.65. The maximum atomic E-state index is 12.6. The maximum absolute atomic E-state index is 12.6. The second-order valence-corrected chi connectivity index (χ2v) is 7.46. The molecule has 0 spiro atoms. The number of anilines is 1. The van der Waals surface area contributed by atoms with Crippen LogP contribution in [0.3, 0.4) is 0 Å². The quantitative estimate of drug-likeness (QED) is 0.491. The molecule has 27 heavy (non-hydrogen) atoms. The van der Waals surface area contributed by atoms with Gasteiger partial charge in [0.1, 0.15) is 16.9 Å². The minimum absolute atomic E-state index is 0.0841. The van der Waals surface area contributed by atoms with Crippen molar-refractivity contribution in [2.45, 2.75) is 57.7 Å². The Morgan fingerprint density at radius 2 is 1.74 bits per heavy atom. The molecule has 0 N–H and O–H groups in total. The summed E-state index contributed by atoms with van der Waals surface area (Å²) in [6.07, 6.45) is 3.02. The number of aromatic nitrogens is 2. The van der Waals surface area contributed by atoms with Crippen molar-refractivity contribution in [3.05, 3.63) is 16.4 Å². The summed E-state index contributed by atoms with van der Waals surface area (Å²) in [7, 11) is 3.53. The molecule has 1 aromatic rings. The summed E-state index contributed by atoms with van der Waals surface area (Å²) in [5.74, 6) is 0.498. The predicted octanol–water partition coefficient (Wildman–Crippen LogP) is 4.02. The first-order chi connectivity index (χ1) is 12.9. The molecule has 0 saturated carbocycles. The number of nitrogens with zero attached hydrogens (tertiary/aromatic N) is 4. The van der Waals surface area contributed by atoms with E-state index >= 15 is 0 Å². The van der Waals surface area contributed by atoms with Crippen LogP contribution in [-0.2, 0) is 9.47 Å². The first-order valence-corrected chi connectivity index (χ1v) is 10.0. The number of carbonyl (C=O) groups excluding carboxylic acids is 1. The molecule has 7 nitrogen and oxygen atoms in total. The highest BCUT2D eigenvalue weighted by Crippen LogP contribution is 2.32. The van der Waals surface area contributed by atoms with E-state index in [1.54, 1.807) is 7.11 Å². The lowest BCUT2D eigenvalue weighted by atomic mass is 9.88. The summed E-state index contributed by atoms with van der Waals surface area (Å²) in [5, 5.41) is 0.630. The molecule has 2 rings (SSSR count). The lowest BCUT2D eigenvalue weighted by Gasteiger charge is -2.46. The Morgan fingerprint density at radius 3 is 2.22 bits per heavy atom. The Morgan fingerprint density at radius 1 is 1.19 bits per heavy atom. The fourth-order valence-corrected chi connectivity index (χ4v) is 3.99. The molecular formula is C18H28Cl2N4O3. The van der Waals surface area contributed by atoms with Gasteiger partial charge < -0.3 is 19.3 Å². The third kappa shape index (κ3) is 5.59. The molecule has 152 valence electrons. The van der Waals surface area contributed by atoms with Crippen LogP contribution in [0.25, 0.3) is 0 Å². The number of methoxy groups -OCH3 is 1. The highest BCUT2D eigenvalue weighted by atomic mass is 35.5. The number of hydrogen-bond acceptors (Lipinski definition) is 6. The van der Waals surface area contributed by atoms with Crippen molar-refractivity contribution in [3.63, 3.8) is 0 Å². The Hall–Kier alpha value is -1.31. The van der Waals surface area contributed by atoms with Gasteiger partial charge in [-0.05, 0) is 25.7 Å². The first-order valence-electron chi connectivity index (χ1n) is 9.28. The lowest BCUT2D eigenvalue weighted by Crippen LogP contribution is -2.56. The molecule has 1 fully saturated rings. The summed E-state index contributed by atoms with van der Waals surface area (Å²) in [4.78, 5) is 25.1. The monoisotopic (exact) mass is 418 g/mol. The van der Waals surface area contributed by atoms with Gasteiger partial charge in [0.05, 0.1) is 6.61 Å². The molecular weight excluding hydrogens is 391 g/mol. The van der Waals surface area contributed by atoms with Crippen molar-refractivity contribution in [1.82, 2.24) is 14.9 Å². The van der Waals surface area contributed by atoms with E-state index in [0.29, 0.717) is 22.9 Å². The van der Waals surface area contributed by atoms with Gasteiger partial charge in [0, 0.05) is 38.3 Å². The van der Waals surface area contributed by atoms with Gasteiger partial charge in [0.2, 0.25) is 5.95 Å². The molecule has 1 saturated heterocycles. The summed E-state index contributed by atoms with van der Waals surface area (Å²) in [6.45, 7) is 4.83. The number of amides is 1. The van der Waals surface area contributed by atoms with E-state index in [2.05, 4.69) is 23.8 Å². The molecule has 1 amide bonds. The summed E-state index contributed by atoms with van der Waals surface area (Å²) in [6, 6.07) is 1.86. The zero-order chi connectivity index (χ0) is 20.0. The fraction of sp³-hybridized carbons (Fsp3) is 0.722. The second kappa shape index (κ2) is 10.3. The van der Waals surface area contributed by atoms with Crippen LogP contribution in [0.1, 0.15) is 39.5 Å². The summed E-state index contributed by atoms with van der Waals surface area (Å²) >= 11 is 12.1. The molecule has 1 aliphatic heterocycles. The summed E-state index contributed by atoms with van der Waals surface area (Å²) < 4.78 is 10.4. The van der Waals surface area contributed by atoms with E-state index in [9.17, 15) is 4.79 Å². The van der Waals surface area contributed by atoms with E-state index in [0.717, 1.165) is 25.7 Å². The zero-order valence-corrected chi connectivity index (χ0v) is 17.8. The summed E-state index contributed by atoms with van der Waals surface area (Å²) in [5.41, 5.74) is 0. The fourth-order valence-electron chi connectivity index (χ4n) is 3.58. The van der Waals surface area contributed by atoms with Crippen LogP contribution in [0.5, 0.6) is 0 Å². The first kappa shape index (κ1) is 22.0. The second-order valence-electron chi connectivity index (χ2n) is 6.69. The number of hydrogen-bond donors (Lipinski definition) is 0. The third-order valence-electron chi connectivity index (χ3n) is 5.06. The Kier molecular flexibility index (Phi) is 8.38. The number of piperidine rings is 1. The highest BCUT2D eigenvalue weighted by molar-refractivity contribution is 6.33. The zero-order valence-electron chi connectivity index (χ0n) is 16.3. The SMILES string of the molecule is CC[C@@H]1CC(N(C)c2nc(Cl)cc(Cl)n2)C[C@H](CC)N1C(=O)OCCOC. The normalized spacial score (nSPS) is 22.6. The van der Waals surface area contributed by atoms with Crippen LogP contribution in [0.15, 0.2) is 6.07 Å². The van der Waals surface area contributed by atoms with Gasteiger partial charge in [-0.1, -0.05) is 37.0 Å². The van der Waals surface area contributed by atoms with E-state index in [-0.39, 0.29) is 30.8 Å². The van der Waals surface area contributed by atoms with Gasteiger partial charge in [-0.15, -0.1) is 0 Å². The minimum Gasteiger partial charge on any atom is -0.447 e. The van der Waals surface area contributed by atoms with Gasteiger partial charge in [-0.2, -0.15) is 0 Å². The molecule has 0 radical (unpaired) electrons. The number of carbonyl (C=O) groups is 1. The third-order valence-corrected chi connectivity index (χ3v) is 5.44. The molecule has 1 unspecified atom stereocenters. The minimum atomic E-state index is -0.270. The van der Waals surface area contributed by atoms with Gasteiger partial charge >= 0.3 is 6.09 Å². The molecule has 2 heterocycles. The van der Waals surface area contributed by atoms with Gasteiger partial charge in [-0.3, -0.25) is 0 Å². The number of halogens is 2. The maximum Gasteiger partial charge on any atom is 0.410 e. The van der Waals surface area contributed by atoms with Crippen molar-refractivity contribution in [1.29, 1.82) is 0 Å². The molecule has 1 aromatic heterocycles. The van der Waals surface area contributed by atoms with E-state index < -0.39 is 0 Å². The van der Waals surface area contributed by atoms with Gasteiger partial charge in [0.15, 0.2) is 0 Å². The van der Waals surface area contributed by atoms with E-state index in [1.165, 1.54) is 6.07 Å². The largest absolute Gasteiger partial charge is 0.447 e. The Labute approximate surface area is 170 Å². The van der Waals surface area contributed by atoms with Gasteiger partial charge in [0.25, 0.3) is 0 Å². The van der Waals surface area contributed by atoms with E-state index in [4.69, 9.17) is 32.7 Å². The number of ether oxygens (including phenoxy) is 2. The van der Waals surface area contributed by atoms with Crippen LogP contribution >= 0.6 is 23.2 Å². The van der Waals surface area contributed by atoms with Gasteiger partial charge in [-0.25, -0.2) is 14.8 Å².